The van der Waals surface area contributed by atoms with Crippen molar-refractivity contribution in [3.63, 3.8) is 0 Å². The normalized spacial score (nSPS) is 17.6. The van der Waals surface area contributed by atoms with Gasteiger partial charge in [0.25, 0.3) is 0 Å². The largest absolute Gasteiger partial charge is 0.394 e. The topological polar surface area (TPSA) is 61.4 Å². The Morgan fingerprint density at radius 1 is 1.30 bits per heavy atom. The van der Waals surface area contributed by atoms with E-state index in [1.807, 2.05) is 30.3 Å². The van der Waals surface area contributed by atoms with Gasteiger partial charge in [-0.15, -0.1) is 0 Å². The van der Waals surface area contributed by atoms with Crippen LogP contribution in [0.25, 0.3) is 0 Å². The van der Waals surface area contributed by atoms with Crippen LogP contribution in [-0.4, -0.2) is 30.7 Å². The lowest BCUT2D eigenvalue weighted by Crippen LogP contribution is -2.32. The van der Waals surface area contributed by atoms with E-state index in [4.69, 9.17) is 0 Å². The van der Waals surface area contributed by atoms with E-state index in [0.717, 1.165) is 37.9 Å². The molecule has 1 fully saturated rings. The first-order valence-electron chi connectivity index (χ1n) is 7.45. The van der Waals surface area contributed by atoms with Gasteiger partial charge in [0, 0.05) is 6.42 Å². The summed E-state index contributed by atoms with van der Waals surface area (Å²) >= 11 is 0. The maximum absolute atomic E-state index is 12.0. The molecular weight excluding hydrogens is 252 g/mol. The summed E-state index contributed by atoms with van der Waals surface area (Å²) in [6.45, 7) is 2.06. The summed E-state index contributed by atoms with van der Waals surface area (Å²) in [6.07, 6.45) is 3.82. The fourth-order valence-corrected chi connectivity index (χ4v) is 2.69. The molecule has 3 N–H and O–H groups in total. The number of nitrogens with one attached hydrogen (secondary N) is 2. The summed E-state index contributed by atoms with van der Waals surface area (Å²) < 4.78 is 0. The lowest BCUT2D eigenvalue weighted by Gasteiger charge is -2.23. The number of amides is 1. The van der Waals surface area contributed by atoms with Crippen molar-refractivity contribution in [3.05, 3.63) is 35.9 Å². The van der Waals surface area contributed by atoms with Gasteiger partial charge < -0.3 is 15.7 Å². The van der Waals surface area contributed by atoms with Crippen molar-refractivity contribution >= 4 is 5.91 Å². The SMILES string of the molecule is O=C(CCC1CCNCC1)NC(CO)c1ccccc1. The minimum Gasteiger partial charge on any atom is -0.394 e. The van der Waals surface area contributed by atoms with Gasteiger partial charge in [0.1, 0.15) is 0 Å². The second-order valence-corrected chi connectivity index (χ2v) is 5.45. The van der Waals surface area contributed by atoms with Gasteiger partial charge in [-0.2, -0.15) is 0 Å². The highest BCUT2D eigenvalue weighted by atomic mass is 16.3. The number of benzene rings is 1. The summed E-state index contributed by atoms with van der Waals surface area (Å²) in [4.78, 5) is 12.0. The highest BCUT2D eigenvalue weighted by molar-refractivity contribution is 5.76. The molecule has 1 atom stereocenters. The van der Waals surface area contributed by atoms with Crippen molar-refractivity contribution in [3.8, 4) is 0 Å². The number of carbonyl (C=O) groups excluding carboxylic acids is 1. The Hall–Kier alpha value is -1.39. The van der Waals surface area contributed by atoms with Crippen LogP contribution in [0.4, 0.5) is 0 Å². The molecule has 0 saturated carbocycles. The molecule has 110 valence electrons. The van der Waals surface area contributed by atoms with Gasteiger partial charge in [-0.05, 0) is 43.8 Å². The van der Waals surface area contributed by atoms with Crippen LogP contribution in [0.3, 0.4) is 0 Å². The standard InChI is InChI=1S/C16H24N2O2/c19-12-15(14-4-2-1-3-5-14)18-16(20)7-6-13-8-10-17-11-9-13/h1-5,13,15,17,19H,6-12H2,(H,18,20). The molecule has 0 bridgehead atoms. The third-order valence-corrected chi connectivity index (χ3v) is 3.96. The molecule has 1 unspecified atom stereocenters. The number of carbonyl (C=O) groups is 1. The first kappa shape index (κ1) is 15.0. The van der Waals surface area contributed by atoms with E-state index in [-0.39, 0.29) is 18.6 Å². The molecule has 1 aliphatic heterocycles. The van der Waals surface area contributed by atoms with Gasteiger partial charge in [-0.1, -0.05) is 30.3 Å². The van der Waals surface area contributed by atoms with Crippen molar-refractivity contribution in [2.24, 2.45) is 5.92 Å². The van der Waals surface area contributed by atoms with E-state index in [1.165, 1.54) is 0 Å². The maximum Gasteiger partial charge on any atom is 0.220 e. The summed E-state index contributed by atoms with van der Waals surface area (Å²) in [5, 5.41) is 15.7. The first-order chi connectivity index (χ1) is 9.79. The van der Waals surface area contributed by atoms with E-state index in [0.29, 0.717) is 12.3 Å². The molecule has 2 rings (SSSR count). The molecule has 0 aromatic heterocycles. The molecule has 1 aromatic rings. The van der Waals surface area contributed by atoms with Crippen molar-refractivity contribution in [1.29, 1.82) is 0 Å². The minimum absolute atomic E-state index is 0.0337. The lowest BCUT2D eigenvalue weighted by molar-refractivity contribution is -0.122. The minimum atomic E-state index is -0.295. The maximum atomic E-state index is 12.0. The molecule has 4 nitrogen and oxygen atoms in total. The van der Waals surface area contributed by atoms with Gasteiger partial charge in [0.15, 0.2) is 0 Å². The van der Waals surface area contributed by atoms with Crippen LogP contribution in [0, 0.1) is 5.92 Å². The number of hydrogen-bond acceptors (Lipinski definition) is 3. The van der Waals surface area contributed by atoms with Crippen molar-refractivity contribution in [2.45, 2.75) is 31.7 Å². The van der Waals surface area contributed by atoms with E-state index in [9.17, 15) is 9.90 Å². The quantitative estimate of drug-likeness (QED) is 0.740. The molecule has 1 heterocycles. The Balaban J connectivity index is 1.77. The third kappa shape index (κ3) is 4.62. The zero-order valence-corrected chi connectivity index (χ0v) is 11.8. The molecule has 0 spiro atoms. The first-order valence-corrected chi connectivity index (χ1v) is 7.45. The summed E-state index contributed by atoms with van der Waals surface area (Å²) in [7, 11) is 0. The van der Waals surface area contributed by atoms with Crippen LogP contribution in [-0.2, 0) is 4.79 Å². The van der Waals surface area contributed by atoms with Gasteiger partial charge in [0.05, 0.1) is 12.6 Å². The van der Waals surface area contributed by atoms with Crippen molar-refractivity contribution < 1.29 is 9.90 Å². The molecule has 1 aliphatic rings. The van der Waals surface area contributed by atoms with Gasteiger partial charge in [-0.25, -0.2) is 0 Å². The number of aliphatic hydroxyl groups is 1. The van der Waals surface area contributed by atoms with Crippen LogP contribution < -0.4 is 10.6 Å². The highest BCUT2D eigenvalue weighted by Crippen LogP contribution is 2.18. The number of rotatable bonds is 6. The number of aliphatic hydroxyl groups excluding tert-OH is 1. The predicted octanol–water partition coefficient (Wildman–Crippen LogP) is 1.62. The smallest absolute Gasteiger partial charge is 0.220 e. The molecular formula is C16H24N2O2. The van der Waals surface area contributed by atoms with E-state index < -0.39 is 0 Å². The van der Waals surface area contributed by atoms with Crippen LogP contribution in [0.2, 0.25) is 0 Å². The molecule has 0 aliphatic carbocycles. The molecule has 1 saturated heterocycles. The second-order valence-electron chi connectivity index (χ2n) is 5.45. The predicted molar refractivity (Wildman–Crippen MR) is 79.2 cm³/mol. The number of piperidine rings is 1. The monoisotopic (exact) mass is 276 g/mol. The summed E-state index contributed by atoms with van der Waals surface area (Å²) in [5.41, 5.74) is 0.949. The van der Waals surface area contributed by atoms with Crippen LogP contribution in [0.1, 0.15) is 37.3 Å². The van der Waals surface area contributed by atoms with Crippen LogP contribution in [0.15, 0.2) is 30.3 Å². The Labute approximate surface area is 120 Å². The van der Waals surface area contributed by atoms with Gasteiger partial charge in [-0.3, -0.25) is 4.79 Å². The number of hydrogen-bond donors (Lipinski definition) is 3. The fraction of sp³-hybridized carbons (Fsp3) is 0.562. The molecule has 1 amide bonds. The van der Waals surface area contributed by atoms with E-state index in [1.54, 1.807) is 0 Å². The van der Waals surface area contributed by atoms with Gasteiger partial charge in [0.2, 0.25) is 5.91 Å². The summed E-state index contributed by atoms with van der Waals surface area (Å²) in [6, 6.07) is 9.31. The van der Waals surface area contributed by atoms with Crippen LogP contribution >= 0.6 is 0 Å². The lowest BCUT2D eigenvalue weighted by atomic mass is 9.93. The average Bonchev–Trinajstić information content (AvgIpc) is 2.52. The molecule has 1 aromatic carbocycles. The van der Waals surface area contributed by atoms with E-state index in [2.05, 4.69) is 10.6 Å². The van der Waals surface area contributed by atoms with E-state index >= 15 is 0 Å². The zero-order valence-electron chi connectivity index (χ0n) is 11.8. The van der Waals surface area contributed by atoms with Crippen LogP contribution in [0.5, 0.6) is 0 Å². The zero-order chi connectivity index (χ0) is 14.2. The Morgan fingerprint density at radius 2 is 2.00 bits per heavy atom. The molecule has 0 radical (unpaired) electrons. The Bertz CT molecular complexity index is 402. The second kappa shape index (κ2) is 8.02. The van der Waals surface area contributed by atoms with Crippen molar-refractivity contribution in [1.82, 2.24) is 10.6 Å². The average molecular weight is 276 g/mol. The van der Waals surface area contributed by atoms with Crippen molar-refractivity contribution in [2.75, 3.05) is 19.7 Å². The Kier molecular flexibility index (Phi) is 6.02. The molecule has 20 heavy (non-hydrogen) atoms. The van der Waals surface area contributed by atoms with Gasteiger partial charge >= 0.3 is 0 Å². The highest BCUT2D eigenvalue weighted by Gasteiger charge is 2.17. The third-order valence-electron chi connectivity index (χ3n) is 3.96. The summed E-state index contributed by atoms with van der Waals surface area (Å²) in [5.74, 6) is 0.692. The Morgan fingerprint density at radius 3 is 2.65 bits per heavy atom. The molecule has 4 heteroatoms. The fourth-order valence-electron chi connectivity index (χ4n) is 2.69.